The largest absolute Gasteiger partial charge is 0.489 e. The molecule has 2 aromatic carbocycles. The summed E-state index contributed by atoms with van der Waals surface area (Å²) in [5.74, 6) is 0.108. The molecular weight excluding hydrogens is 357 g/mol. The van der Waals surface area contributed by atoms with Crippen molar-refractivity contribution in [1.29, 1.82) is 0 Å². The summed E-state index contributed by atoms with van der Waals surface area (Å²) in [6, 6.07) is 12.5. The Morgan fingerprint density at radius 1 is 1.23 bits per heavy atom. The molecule has 2 aromatic rings. The zero-order chi connectivity index (χ0) is 18.7. The summed E-state index contributed by atoms with van der Waals surface area (Å²) in [5.41, 5.74) is 1.25. The predicted octanol–water partition coefficient (Wildman–Crippen LogP) is 2.66. The van der Waals surface area contributed by atoms with Gasteiger partial charge in [0.05, 0.1) is 11.5 Å². The highest BCUT2D eigenvalue weighted by Gasteiger charge is 2.33. The first-order valence-electron chi connectivity index (χ1n) is 8.29. The van der Waals surface area contributed by atoms with Gasteiger partial charge in [-0.05, 0) is 42.3 Å². The van der Waals surface area contributed by atoms with E-state index < -0.39 is 9.84 Å². The van der Waals surface area contributed by atoms with Gasteiger partial charge in [-0.3, -0.25) is 4.79 Å². The third kappa shape index (κ3) is 4.40. The molecule has 5 nitrogen and oxygen atoms in total. The Morgan fingerprint density at radius 2 is 1.96 bits per heavy atom. The first-order chi connectivity index (χ1) is 12.3. The fourth-order valence-electron chi connectivity index (χ4n) is 2.92. The van der Waals surface area contributed by atoms with Crippen molar-refractivity contribution in [2.75, 3.05) is 18.6 Å². The third-order valence-corrected chi connectivity index (χ3v) is 6.23. The second-order valence-electron chi connectivity index (χ2n) is 6.42. The average Bonchev–Trinajstić information content (AvgIpc) is 3.00. The molecule has 138 valence electrons. The molecule has 0 aromatic heterocycles. The van der Waals surface area contributed by atoms with Crippen molar-refractivity contribution in [3.8, 4) is 5.75 Å². The summed E-state index contributed by atoms with van der Waals surface area (Å²) in [5, 5.41) is 0. The SMILES string of the molecule is CN(C(=O)c1cccc(OCc2ccc(F)cc2)c1)[C@@H]1CCS(=O)(=O)C1. The van der Waals surface area contributed by atoms with E-state index >= 15 is 0 Å². The Hall–Kier alpha value is -2.41. The summed E-state index contributed by atoms with van der Waals surface area (Å²) >= 11 is 0. The van der Waals surface area contributed by atoms with Crippen LogP contribution in [0.25, 0.3) is 0 Å². The van der Waals surface area contributed by atoms with Gasteiger partial charge < -0.3 is 9.64 Å². The zero-order valence-electron chi connectivity index (χ0n) is 14.4. The molecule has 26 heavy (non-hydrogen) atoms. The molecule has 0 saturated carbocycles. The molecule has 1 saturated heterocycles. The van der Waals surface area contributed by atoms with Crippen molar-refractivity contribution < 1.29 is 22.3 Å². The molecule has 1 heterocycles. The Balaban J connectivity index is 1.66. The fourth-order valence-corrected chi connectivity index (χ4v) is 4.69. The normalized spacial score (nSPS) is 18.5. The number of rotatable bonds is 5. The first kappa shape index (κ1) is 18.4. The van der Waals surface area contributed by atoms with Crippen LogP contribution in [-0.4, -0.2) is 43.8 Å². The Kier molecular flexibility index (Phi) is 5.27. The topological polar surface area (TPSA) is 63.7 Å². The summed E-state index contributed by atoms with van der Waals surface area (Å²) < 4.78 is 41.8. The van der Waals surface area contributed by atoms with Gasteiger partial charge in [-0.1, -0.05) is 18.2 Å². The number of hydrogen-bond donors (Lipinski definition) is 0. The molecule has 1 fully saturated rings. The van der Waals surface area contributed by atoms with Gasteiger partial charge in [-0.25, -0.2) is 12.8 Å². The summed E-state index contributed by atoms with van der Waals surface area (Å²) in [4.78, 5) is 14.1. The van der Waals surface area contributed by atoms with Crippen LogP contribution in [0.15, 0.2) is 48.5 Å². The number of sulfone groups is 1. The van der Waals surface area contributed by atoms with Gasteiger partial charge in [-0.2, -0.15) is 0 Å². The first-order valence-corrected chi connectivity index (χ1v) is 10.1. The maximum Gasteiger partial charge on any atom is 0.254 e. The number of carbonyl (C=O) groups excluding carboxylic acids is 1. The van der Waals surface area contributed by atoms with Crippen molar-refractivity contribution in [2.24, 2.45) is 0 Å². The molecule has 0 unspecified atom stereocenters. The van der Waals surface area contributed by atoms with Gasteiger partial charge in [0, 0.05) is 18.7 Å². The second-order valence-corrected chi connectivity index (χ2v) is 8.64. The molecular formula is C19H20FNO4S. The Labute approximate surface area is 152 Å². The van der Waals surface area contributed by atoms with E-state index in [0.29, 0.717) is 17.7 Å². The number of amides is 1. The van der Waals surface area contributed by atoms with E-state index in [2.05, 4.69) is 0 Å². The quantitative estimate of drug-likeness (QED) is 0.804. The van der Waals surface area contributed by atoms with Crippen LogP contribution in [0.3, 0.4) is 0 Å². The van der Waals surface area contributed by atoms with Crippen LogP contribution in [0.2, 0.25) is 0 Å². The van der Waals surface area contributed by atoms with Gasteiger partial charge in [-0.15, -0.1) is 0 Å². The van der Waals surface area contributed by atoms with Crippen molar-refractivity contribution in [1.82, 2.24) is 4.90 Å². The zero-order valence-corrected chi connectivity index (χ0v) is 15.2. The molecule has 0 aliphatic carbocycles. The number of carbonyl (C=O) groups is 1. The molecule has 3 rings (SSSR count). The van der Waals surface area contributed by atoms with Crippen LogP contribution in [-0.2, 0) is 16.4 Å². The van der Waals surface area contributed by atoms with E-state index in [1.54, 1.807) is 43.4 Å². The van der Waals surface area contributed by atoms with Gasteiger partial charge in [0.15, 0.2) is 9.84 Å². The molecule has 7 heteroatoms. The molecule has 1 amide bonds. The van der Waals surface area contributed by atoms with Crippen LogP contribution < -0.4 is 4.74 Å². The van der Waals surface area contributed by atoms with Crippen molar-refractivity contribution in [2.45, 2.75) is 19.1 Å². The fraction of sp³-hybridized carbons (Fsp3) is 0.316. The molecule has 1 atom stereocenters. The van der Waals surface area contributed by atoms with E-state index in [4.69, 9.17) is 4.74 Å². The highest BCUT2D eigenvalue weighted by molar-refractivity contribution is 7.91. The smallest absolute Gasteiger partial charge is 0.254 e. The van der Waals surface area contributed by atoms with E-state index in [9.17, 15) is 17.6 Å². The number of halogens is 1. The summed E-state index contributed by atoms with van der Waals surface area (Å²) in [7, 11) is -1.43. The Morgan fingerprint density at radius 3 is 2.62 bits per heavy atom. The maximum absolute atomic E-state index is 12.9. The monoisotopic (exact) mass is 377 g/mol. The Bertz CT molecular complexity index is 896. The number of hydrogen-bond acceptors (Lipinski definition) is 4. The van der Waals surface area contributed by atoms with Gasteiger partial charge in [0.1, 0.15) is 18.2 Å². The summed E-state index contributed by atoms with van der Waals surface area (Å²) in [6.07, 6.45) is 0.464. The molecule has 0 spiro atoms. The molecule has 0 N–H and O–H groups in total. The lowest BCUT2D eigenvalue weighted by molar-refractivity contribution is 0.0747. The van der Waals surface area contributed by atoms with Gasteiger partial charge in [0.25, 0.3) is 5.91 Å². The number of nitrogens with zero attached hydrogens (tertiary/aromatic N) is 1. The highest BCUT2D eigenvalue weighted by Crippen LogP contribution is 2.21. The maximum atomic E-state index is 12.9. The molecule has 1 aliphatic rings. The number of benzene rings is 2. The standard InChI is InChI=1S/C19H20FNO4S/c1-21(17-9-10-26(23,24)13-17)19(22)15-3-2-4-18(11-15)25-12-14-5-7-16(20)8-6-14/h2-8,11,17H,9-10,12-13H2,1H3/t17-/m1/s1. The van der Waals surface area contributed by atoms with Gasteiger partial charge in [0.2, 0.25) is 0 Å². The van der Waals surface area contributed by atoms with Crippen LogP contribution in [0, 0.1) is 5.82 Å². The van der Waals surface area contributed by atoms with Crippen LogP contribution >= 0.6 is 0 Å². The second kappa shape index (κ2) is 7.45. The van der Waals surface area contributed by atoms with Crippen LogP contribution in [0.1, 0.15) is 22.3 Å². The lowest BCUT2D eigenvalue weighted by Gasteiger charge is -2.23. The lowest BCUT2D eigenvalue weighted by atomic mass is 10.1. The van der Waals surface area contributed by atoms with E-state index in [1.165, 1.54) is 17.0 Å². The average molecular weight is 377 g/mol. The minimum absolute atomic E-state index is 0.00992. The van der Waals surface area contributed by atoms with Crippen LogP contribution in [0.5, 0.6) is 5.75 Å². The minimum atomic E-state index is -3.05. The summed E-state index contributed by atoms with van der Waals surface area (Å²) in [6.45, 7) is 0.259. The molecule has 0 bridgehead atoms. The minimum Gasteiger partial charge on any atom is -0.489 e. The van der Waals surface area contributed by atoms with E-state index in [-0.39, 0.29) is 35.9 Å². The van der Waals surface area contributed by atoms with E-state index in [0.717, 1.165) is 5.56 Å². The molecule has 1 aliphatic heterocycles. The van der Waals surface area contributed by atoms with Crippen LogP contribution in [0.4, 0.5) is 4.39 Å². The van der Waals surface area contributed by atoms with Gasteiger partial charge >= 0.3 is 0 Å². The number of ether oxygens (including phenoxy) is 1. The van der Waals surface area contributed by atoms with Crippen molar-refractivity contribution >= 4 is 15.7 Å². The third-order valence-electron chi connectivity index (χ3n) is 4.48. The predicted molar refractivity (Wildman–Crippen MR) is 96.3 cm³/mol. The lowest BCUT2D eigenvalue weighted by Crippen LogP contribution is -2.37. The highest BCUT2D eigenvalue weighted by atomic mass is 32.2. The molecule has 0 radical (unpaired) electrons. The van der Waals surface area contributed by atoms with Crippen molar-refractivity contribution in [3.63, 3.8) is 0 Å². The van der Waals surface area contributed by atoms with E-state index in [1.807, 2.05) is 0 Å². The van der Waals surface area contributed by atoms with Crippen molar-refractivity contribution in [3.05, 3.63) is 65.5 Å².